The Morgan fingerprint density at radius 2 is 2.28 bits per heavy atom. The molecule has 0 aliphatic carbocycles. The van der Waals surface area contributed by atoms with Crippen LogP contribution in [0.3, 0.4) is 0 Å². The molecule has 0 fully saturated rings. The Labute approximate surface area is 105 Å². The maximum absolute atomic E-state index is 5.21. The zero-order chi connectivity index (χ0) is 13.0. The SMILES string of the molecule is CNC(Cc1nc(-c2ncn[nH]2)no1)CC(C)C. The molecule has 18 heavy (non-hydrogen) atoms. The predicted molar refractivity (Wildman–Crippen MR) is 65.7 cm³/mol. The number of hydrogen-bond donors (Lipinski definition) is 2. The van der Waals surface area contributed by atoms with Crippen molar-refractivity contribution < 1.29 is 4.52 Å². The zero-order valence-corrected chi connectivity index (χ0v) is 10.8. The Balaban J connectivity index is 2.01. The molecule has 2 aromatic rings. The monoisotopic (exact) mass is 250 g/mol. The highest BCUT2D eigenvalue weighted by molar-refractivity contribution is 5.39. The number of nitrogens with one attached hydrogen (secondary N) is 2. The molecular weight excluding hydrogens is 232 g/mol. The fourth-order valence-electron chi connectivity index (χ4n) is 1.83. The summed E-state index contributed by atoms with van der Waals surface area (Å²) in [5.74, 6) is 2.21. The first-order chi connectivity index (χ1) is 8.69. The lowest BCUT2D eigenvalue weighted by molar-refractivity contribution is 0.345. The molecule has 2 rings (SSSR count). The van der Waals surface area contributed by atoms with Crippen molar-refractivity contribution in [1.82, 2.24) is 30.6 Å². The van der Waals surface area contributed by atoms with Gasteiger partial charge in [-0.3, -0.25) is 5.10 Å². The molecule has 7 heteroatoms. The van der Waals surface area contributed by atoms with Gasteiger partial charge in [-0.25, -0.2) is 4.98 Å². The van der Waals surface area contributed by atoms with Crippen molar-refractivity contribution in [1.29, 1.82) is 0 Å². The third-order valence-corrected chi connectivity index (χ3v) is 2.68. The van der Waals surface area contributed by atoms with E-state index in [0.717, 1.165) is 12.8 Å². The van der Waals surface area contributed by atoms with Crippen molar-refractivity contribution in [3.8, 4) is 11.6 Å². The van der Waals surface area contributed by atoms with E-state index < -0.39 is 0 Å². The van der Waals surface area contributed by atoms with Crippen LogP contribution in [0.1, 0.15) is 26.2 Å². The minimum atomic E-state index is 0.341. The van der Waals surface area contributed by atoms with E-state index >= 15 is 0 Å². The number of aromatic amines is 1. The fourth-order valence-corrected chi connectivity index (χ4v) is 1.83. The summed E-state index contributed by atoms with van der Waals surface area (Å²) in [5.41, 5.74) is 0. The minimum Gasteiger partial charge on any atom is -0.339 e. The number of nitrogens with zero attached hydrogens (tertiary/aromatic N) is 4. The van der Waals surface area contributed by atoms with Crippen LogP contribution in [0.4, 0.5) is 0 Å². The number of likely N-dealkylation sites (N-methyl/N-ethyl adjacent to an activating group) is 1. The molecule has 98 valence electrons. The molecule has 0 radical (unpaired) electrons. The van der Waals surface area contributed by atoms with E-state index in [-0.39, 0.29) is 0 Å². The lowest BCUT2D eigenvalue weighted by atomic mass is 10.0. The number of aromatic nitrogens is 5. The second-order valence-electron chi connectivity index (χ2n) is 4.67. The molecule has 2 heterocycles. The van der Waals surface area contributed by atoms with Crippen molar-refractivity contribution in [2.45, 2.75) is 32.7 Å². The molecule has 2 aromatic heterocycles. The van der Waals surface area contributed by atoms with Gasteiger partial charge >= 0.3 is 0 Å². The van der Waals surface area contributed by atoms with Gasteiger partial charge in [-0.15, -0.1) is 0 Å². The smallest absolute Gasteiger partial charge is 0.239 e. The molecule has 0 bridgehead atoms. The van der Waals surface area contributed by atoms with Crippen LogP contribution in [0.2, 0.25) is 0 Å². The van der Waals surface area contributed by atoms with Crippen molar-refractivity contribution in [3.63, 3.8) is 0 Å². The van der Waals surface area contributed by atoms with Crippen LogP contribution >= 0.6 is 0 Å². The van der Waals surface area contributed by atoms with Gasteiger partial charge in [0.25, 0.3) is 0 Å². The first kappa shape index (κ1) is 12.7. The van der Waals surface area contributed by atoms with E-state index in [4.69, 9.17) is 4.52 Å². The van der Waals surface area contributed by atoms with E-state index in [1.807, 2.05) is 7.05 Å². The maximum Gasteiger partial charge on any atom is 0.239 e. The Kier molecular flexibility index (Phi) is 4.03. The van der Waals surface area contributed by atoms with Gasteiger partial charge in [-0.05, 0) is 19.4 Å². The second kappa shape index (κ2) is 5.72. The zero-order valence-electron chi connectivity index (χ0n) is 10.8. The Morgan fingerprint density at radius 1 is 1.44 bits per heavy atom. The molecule has 0 aliphatic heterocycles. The topological polar surface area (TPSA) is 92.5 Å². The normalized spacial score (nSPS) is 13.1. The van der Waals surface area contributed by atoms with Gasteiger partial charge in [0.2, 0.25) is 11.7 Å². The average Bonchev–Trinajstić information content (AvgIpc) is 2.97. The minimum absolute atomic E-state index is 0.341. The van der Waals surface area contributed by atoms with Crippen LogP contribution in [0.25, 0.3) is 11.6 Å². The summed E-state index contributed by atoms with van der Waals surface area (Å²) in [7, 11) is 1.95. The Bertz CT molecular complexity index is 464. The summed E-state index contributed by atoms with van der Waals surface area (Å²) in [6, 6.07) is 0.341. The molecule has 0 aliphatic rings. The Morgan fingerprint density at radius 3 is 2.89 bits per heavy atom. The van der Waals surface area contributed by atoms with E-state index in [1.165, 1.54) is 6.33 Å². The molecule has 7 nitrogen and oxygen atoms in total. The maximum atomic E-state index is 5.21. The lowest BCUT2D eigenvalue weighted by Gasteiger charge is -2.15. The average molecular weight is 250 g/mol. The van der Waals surface area contributed by atoms with Crippen LogP contribution in [0, 0.1) is 5.92 Å². The Hall–Kier alpha value is -1.76. The van der Waals surface area contributed by atoms with Crippen LogP contribution in [0.15, 0.2) is 10.9 Å². The van der Waals surface area contributed by atoms with Gasteiger partial charge in [-0.1, -0.05) is 19.0 Å². The van der Waals surface area contributed by atoms with Gasteiger partial charge < -0.3 is 9.84 Å². The van der Waals surface area contributed by atoms with E-state index in [9.17, 15) is 0 Å². The van der Waals surface area contributed by atoms with E-state index in [0.29, 0.717) is 29.5 Å². The van der Waals surface area contributed by atoms with Crippen LogP contribution < -0.4 is 5.32 Å². The van der Waals surface area contributed by atoms with Crippen molar-refractivity contribution in [2.24, 2.45) is 5.92 Å². The molecule has 0 saturated carbocycles. The van der Waals surface area contributed by atoms with Crippen molar-refractivity contribution in [3.05, 3.63) is 12.2 Å². The summed E-state index contributed by atoms with van der Waals surface area (Å²) in [4.78, 5) is 8.28. The molecule has 2 N–H and O–H groups in total. The summed E-state index contributed by atoms with van der Waals surface area (Å²) >= 11 is 0. The molecular formula is C11H18N6O. The van der Waals surface area contributed by atoms with E-state index in [1.54, 1.807) is 0 Å². The highest BCUT2D eigenvalue weighted by Crippen LogP contribution is 2.13. The molecule has 0 aromatic carbocycles. The van der Waals surface area contributed by atoms with Gasteiger partial charge in [0.15, 0.2) is 5.82 Å². The summed E-state index contributed by atoms with van der Waals surface area (Å²) in [6.45, 7) is 4.39. The predicted octanol–water partition coefficient (Wildman–Crippen LogP) is 1.03. The van der Waals surface area contributed by atoms with E-state index in [2.05, 4.69) is 44.5 Å². The van der Waals surface area contributed by atoms with Gasteiger partial charge in [-0.2, -0.15) is 10.1 Å². The third-order valence-electron chi connectivity index (χ3n) is 2.68. The van der Waals surface area contributed by atoms with Gasteiger partial charge in [0, 0.05) is 12.5 Å². The molecule has 1 atom stereocenters. The number of H-pyrrole nitrogens is 1. The van der Waals surface area contributed by atoms with Crippen LogP contribution in [0.5, 0.6) is 0 Å². The summed E-state index contributed by atoms with van der Waals surface area (Å²) < 4.78 is 5.21. The standard InChI is InChI=1S/C11H18N6O/c1-7(2)4-8(12-3)5-9-15-11(17-18-9)10-13-6-14-16-10/h6-8,12H,4-5H2,1-3H3,(H,13,14,16). The van der Waals surface area contributed by atoms with Crippen molar-refractivity contribution >= 4 is 0 Å². The molecule has 1 unspecified atom stereocenters. The van der Waals surface area contributed by atoms with Crippen LogP contribution in [-0.2, 0) is 6.42 Å². The van der Waals surface area contributed by atoms with Crippen molar-refractivity contribution in [2.75, 3.05) is 7.05 Å². The highest BCUT2D eigenvalue weighted by Gasteiger charge is 2.16. The largest absolute Gasteiger partial charge is 0.339 e. The fraction of sp³-hybridized carbons (Fsp3) is 0.636. The van der Waals surface area contributed by atoms with Gasteiger partial charge in [0.05, 0.1) is 0 Å². The molecule has 0 saturated heterocycles. The summed E-state index contributed by atoms with van der Waals surface area (Å²) in [6.07, 6.45) is 3.20. The third kappa shape index (κ3) is 3.13. The molecule has 0 amide bonds. The highest BCUT2D eigenvalue weighted by atomic mass is 16.5. The van der Waals surface area contributed by atoms with Gasteiger partial charge in [0.1, 0.15) is 6.33 Å². The number of hydrogen-bond acceptors (Lipinski definition) is 6. The first-order valence-corrected chi connectivity index (χ1v) is 6.04. The lowest BCUT2D eigenvalue weighted by Crippen LogP contribution is -2.29. The summed E-state index contributed by atoms with van der Waals surface area (Å²) in [5, 5.41) is 13.6. The first-order valence-electron chi connectivity index (χ1n) is 6.04. The second-order valence-corrected chi connectivity index (χ2v) is 4.67. The number of rotatable bonds is 6. The van der Waals surface area contributed by atoms with Crippen LogP contribution in [-0.4, -0.2) is 38.4 Å². The molecule has 0 spiro atoms. The quantitative estimate of drug-likeness (QED) is 0.795.